The van der Waals surface area contributed by atoms with Crippen LogP contribution in [0.3, 0.4) is 0 Å². The molecule has 0 aromatic heterocycles. The average Bonchev–Trinajstić information content (AvgIpc) is 2.34. The van der Waals surface area contributed by atoms with Gasteiger partial charge in [0.15, 0.2) is 0 Å². The first-order valence-electron chi connectivity index (χ1n) is 6.43. The number of hydrogen-bond donors (Lipinski definition) is 1. The number of rotatable bonds is 2. The first-order chi connectivity index (χ1) is 8.58. The van der Waals surface area contributed by atoms with E-state index in [0.717, 1.165) is 12.8 Å². The van der Waals surface area contributed by atoms with Gasteiger partial charge in [0, 0.05) is 17.6 Å². The van der Waals surface area contributed by atoms with Gasteiger partial charge in [0.25, 0.3) is 5.91 Å². The molecule has 4 heteroatoms. The molecule has 0 saturated carbocycles. The molecule has 1 aliphatic rings. The molecule has 1 aliphatic heterocycles. The third kappa shape index (κ3) is 2.88. The zero-order chi connectivity index (χ0) is 13.1. The van der Waals surface area contributed by atoms with Gasteiger partial charge in [0.2, 0.25) is 0 Å². The van der Waals surface area contributed by atoms with Crippen molar-refractivity contribution in [3.63, 3.8) is 0 Å². The third-order valence-corrected chi connectivity index (χ3v) is 3.53. The Balaban J connectivity index is 2.04. The van der Waals surface area contributed by atoms with E-state index in [1.165, 1.54) is 30.7 Å². The maximum atomic E-state index is 12.8. The lowest BCUT2D eigenvalue weighted by Gasteiger charge is -2.38. The fourth-order valence-electron chi connectivity index (χ4n) is 2.42. The van der Waals surface area contributed by atoms with Gasteiger partial charge in [0.1, 0.15) is 5.82 Å². The van der Waals surface area contributed by atoms with Crippen molar-refractivity contribution in [3.05, 3.63) is 35.6 Å². The lowest BCUT2D eigenvalue weighted by atomic mass is 10.00. The lowest BCUT2D eigenvalue weighted by molar-refractivity contribution is 0.0370. The van der Waals surface area contributed by atoms with Gasteiger partial charge >= 0.3 is 0 Å². The fraction of sp³-hybridized carbons (Fsp3) is 0.500. The minimum atomic E-state index is -0.328. The topological polar surface area (TPSA) is 32.3 Å². The predicted octanol–water partition coefficient (Wildman–Crippen LogP) is 2.73. The minimum absolute atomic E-state index is 0.171. The summed E-state index contributed by atoms with van der Waals surface area (Å²) in [5, 5.41) is 2.01. The van der Waals surface area contributed by atoms with Crippen molar-refractivity contribution in [1.29, 1.82) is 0 Å². The Morgan fingerprint density at radius 1 is 1.22 bits per heavy atom. The fourth-order valence-corrected chi connectivity index (χ4v) is 2.42. The van der Waals surface area contributed by atoms with E-state index in [0.29, 0.717) is 17.6 Å². The normalized spacial score (nSPS) is 24.8. The first kappa shape index (κ1) is 13.0. The number of nitrogens with one attached hydrogen (secondary N) is 1. The highest BCUT2D eigenvalue weighted by atomic mass is 19.1. The van der Waals surface area contributed by atoms with E-state index >= 15 is 0 Å². The van der Waals surface area contributed by atoms with Gasteiger partial charge in [-0.25, -0.2) is 9.40 Å². The van der Waals surface area contributed by atoms with Crippen molar-refractivity contribution in [2.75, 3.05) is 0 Å². The molecule has 18 heavy (non-hydrogen) atoms. The molecular weight excluding hydrogens is 231 g/mol. The molecule has 2 atom stereocenters. The molecule has 0 unspecified atom stereocenters. The number of halogens is 1. The van der Waals surface area contributed by atoms with E-state index in [1.54, 1.807) is 0 Å². The molecule has 98 valence electrons. The first-order valence-corrected chi connectivity index (χ1v) is 6.43. The van der Waals surface area contributed by atoms with Gasteiger partial charge in [0.05, 0.1) is 0 Å². The standard InChI is InChI=1S/C14H19FN2O/c1-10-4-3-5-11(2)17(10)16-14(18)12-6-8-13(15)9-7-12/h6-11H,3-5H2,1-2H3,(H,16,18)/t10-,11-/m1/s1. The van der Waals surface area contributed by atoms with Crippen LogP contribution in [0, 0.1) is 5.82 Å². The van der Waals surface area contributed by atoms with Crippen molar-refractivity contribution in [3.8, 4) is 0 Å². The Hall–Kier alpha value is -1.42. The smallest absolute Gasteiger partial charge is 0.265 e. The molecule has 1 N–H and O–H groups in total. The van der Waals surface area contributed by atoms with Crippen LogP contribution < -0.4 is 5.43 Å². The quantitative estimate of drug-likeness (QED) is 0.875. The number of nitrogens with zero attached hydrogens (tertiary/aromatic N) is 1. The van der Waals surface area contributed by atoms with E-state index in [2.05, 4.69) is 19.3 Å². The summed E-state index contributed by atoms with van der Waals surface area (Å²) in [5.41, 5.74) is 3.41. The summed E-state index contributed by atoms with van der Waals surface area (Å²) in [6.07, 6.45) is 3.38. The van der Waals surface area contributed by atoms with Crippen LogP contribution in [0.2, 0.25) is 0 Å². The second kappa shape index (κ2) is 5.48. The monoisotopic (exact) mass is 250 g/mol. The molecule has 1 saturated heterocycles. The highest BCUT2D eigenvalue weighted by Gasteiger charge is 2.26. The molecule has 1 aromatic carbocycles. The molecule has 0 radical (unpaired) electrons. The summed E-state index contributed by atoms with van der Waals surface area (Å²) in [5.74, 6) is -0.498. The van der Waals surface area contributed by atoms with Gasteiger partial charge in [-0.05, 0) is 51.0 Å². The highest BCUT2D eigenvalue weighted by Crippen LogP contribution is 2.20. The highest BCUT2D eigenvalue weighted by molar-refractivity contribution is 5.93. The number of carbonyl (C=O) groups excluding carboxylic acids is 1. The summed E-state index contributed by atoms with van der Waals surface area (Å²) in [6.45, 7) is 4.22. The van der Waals surface area contributed by atoms with Crippen LogP contribution in [0.5, 0.6) is 0 Å². The maximum Gasteiger partial charge on any atom is 0.265 e. The molecule has 1 heterocycles. The van der Waals surface area contributed by atoms with Crippen molar-refractivity contribution >= 4 is 5.91 Å². The summed E-state index contributed by atoms with van der Waals surface area (Å²) in [6, 6.07) is 6.31. The van der Waals surface area contributed by atoms with E-state index in [1.807, 2.05) is 5.01 Å². The Bertz CT molecular complexity index is 408. The number of benzene rings is 1. The summed E-state index contributed by atoms with van der Waals surface area (Å²) in [7, 11) is 0. The van der Waals surface area contributed by atoms with Crippen molar-refractivity contribution in [2.45, 2.75) is 45.2 Å². The molecule has 0 spiro atoms. The molecule has 0 aliphatic carbocycles. The van der Waals surface area contributed by atoms with Crippen molar-refractivity contribution < 1.29 is 9.18 Å². The number of carbonyl (C=O) groups is 1. The molecule has 0 bridgehead atoms. The summed E-state index contributed by atoms with van der Waals surface area (Å²) >= 11 is 0. The molecule has 1 amide bonds. The van der Waals surface area contributed by atoms with Crippen molar-refractivity contribution in [2.24, 2.45) is 0 Å². The number of amides is 1. The molecule has 2 rings (SSSR count). The Morgan fingerprint density at radius 3 is 2.33 bits per heavy atom. The largest absolute Gasteiger partial charge is 0.284 e. The zero-order valence-electron chi connectivity index (χ0n) is 10.8. The van der Waals surface area contributed by atoms with Crippen LogP contribution in [0.25, 0.3) is 0 Å². The maximum absolute atomic E-state index is 12.8. The predicted molar refractivity (Wildman–Crippen MR) is 68.5 cm³/mol. The third-order valence-electron chi connectivity index (χ3n) is 3.53. The summed E-state index contributed by atoms with van der Waals surface area (Å²) < 4.78 is 12.8. The van der Waals surface area contributed by atoms with Gasteiger partial charge in [-0.2, -0.15) is 0 Å². The SMILES string of the molecule is C[C@@H]1CCC[C@@H](C)N1NC(=O)c1ccc(F)cc1. The number of hydrogen-bond acceptors (Lipinski definition) is 2. The van der Waals surface area contributed by atoms with Gasteiger partial charge in [-0.15, -0.1) is 0 Å². The Morgan fingerprint density at radius 2 is 1.78 bits per heavy atom. The average molecular weight is 250 g/mol. The van der Waals surface area contributed by atoms with Crippen LogP contribution in [0.1, 0.15) is 43.5 Å². The zero-order valence-corrected chi connectivity index (χ0v) is 10.8. The van der Waals surface area contributed by atoms with Gasteiger partial charge in [-0.1, -0.05) is 6.42 Å². The lowest BCUT2D eigenvalue weighted by Crippen LogP contribution is -2.54. The van der Waals surface area contributed by atoms with E-state index < -0.39 is 0 Å². The molecular formula is C14H19FN2O. The van der Waals surface area contributed by atoms with E-state index in [4.69, 9.17) is 0 Å². The summed E-state index contributed by atoms with van der Waals surface area (Å²) in [4.78, 5) is 12.0. The number of hydrazine groups is 1. The van der Waals surface area contributed by atoms with Crippen LogP contribution in [-0.4, -0.2) is 23.0 Å². The Kier molecular flexibility index (Phi) is 3.97. The van der Waals surface area contributed by atoms with Crippen LogP contribution in [0.4, 0.5) is 4.39 Å². The van der Waals surface area contributed by atoms with E-state index in [9.17, 15) is 9.18 Å². The molecule has 3 nitrogen and oxygen atoms in total. The van der Waals surface area contributed by atoms with E-state index in [-0.39, 0.29) is 11.7 Å². The molecule has 1 aromatic rings. The molecule has 1 fully saturated rings. The van der Waals surface area contributed by atoms with Crippen LogP contribution >= 0.6 is 0 Å². The van der Waals surface area contributed by atoms with Crippen molar-refractivity contribution in [1.82, 2.24) is 10.4 Å². The Labute approximate surface area is 107 Å². The van der Waals surface area contributed by atoms with Gasteiger partial charge in [-0.3, -0.25) is 10.2 Å². The number of piperidine rings is 1. The second-order valence-corrected chi connectivity index (χ2v) is 4.98. The van der Waals surface area contributed by atoms with Crippen LogP contribution in [0.15, 0.2) is 24.3 Å². The minimum Gasteiger partial charge on any atom is -0.284 e. The van der Waals surface area contributed by atoms with Gasteiger partial charge < -0.3 is 0 Å². The van der Waals surface area contributed by atoms with Crippen LogP contribution in [-0.2, 0) is 0 Å². The second-order valence-electron chi connectivity index (χ2n) is 4.98.